The fraction of sp³-hybridized carbons (Fsp3) is 0.375. The first kappa shape index (κ1) is 14.6. The Morgan fingerprint density at radius 1 is 1.27 bits per heavy atom. The van der Waals surface area contributed by atoms with Crippen molar-refractivity contribution in [2.45, 2.75) is 19.4 Å². The first-order valence-corrected chi connectivity index (χ1v) is 7.42. The van der Waals surface area contributed by atoms with Gasteiger partial charge in [-0.05, 0) is 37.1 Å². The monoisotopic (exact) mass is 301 g/mol. The van der Waals surface area contributed by atoms with Crippen LogP contribution < -0.4 is 10.6 Å². The Morgan fingerprint density at radius 2 is 2.14 bits per heavy atom. The van der Waals surface area contributed by atoms with Crippen LogP contribution in [0.5, 0.6) is 0 Å². The number of anilines is 2. The third kappa shape index (κ3) is 3.85. The summed E-state index contributed by atoms with van der Waals surface area (Å²) in [5, 5.41) is 6.06. The molecule has 3 heterocycles. The molecule has 116 valence electrons. The van der Waals surface area contributed by atoms with Crippen molar-refractivity contribution in [1.82, 2.24) is 4.98 Å². The number of hydrogen-bond acceptors (Lipinski definition) is 5. The largest absolute Gasteiger partial charge is 0.467 e. The van der Waals surface area contributed by atoms with Crippen LogP contribution in [0.3, 0.4) is 0 Å². The van der Waals surface area contributed by atoms with Gasteiger partial charge in [0.15, 0.2) is 0 Å². The standard InChI is InChI=1S/C16H19N3O3/c20-16(12-5-8-21-9-6-12)19-15-4-3-13(10-18-15)17-11-14-2-1-7-22-14/h1-4,7,10,12,17H,5-6,8-9,11H2,(H,18,19,20). The van der Waals surface area contributed by atoms with E-state index >= 15 is 0 Å². The number of carbonyl (C=O) groups excluding carboxylic acids is 1. The zero-order valence-electron chi connectivity index (χ0n) is 12.2. The van der Waals surface area contributed by atoms with Crippen LogP contribution in [-0.4, -0.2) is 24.1 Å². The average Bonchev–Trinajstić information content (AvgIpc) is 3.08. The highest BCUT2D eigenvalue weighted by molar-refractivity contribution is 5.91. The van der Waals surface area contributed by atoms with E-state index < -0.39 is 0 Å². The Hall–Kier alpha value is -2.34. The van der Waals surface area contributed by atoms with Gasteiger partial charge in [-0.25, -0.2) is 4.98 Å². The van der Waals surface area contributed by atoms with E-state index in [1.165, 1.54) is 0 Å². The van der Waals surface area contributed by atoms with E-state index in [0.717, 1.165) is 24.3 Å². The molecule has 22 heavy (non-hydrogen) atoms. The number of nitrogens with one attached hydrogen (secondary N) is 2. The Labute approximate surface area is 128 Å². The number of pyridine rings is 1. The number of amides is 1. The molecule has 6 heteroatoms. The second-order valence-corrected chi connectivity index (χ2v) is 5.24. The van der Waals surface area contributed by atoms with E-state index in [2.05, 4.69) is 15.6 Å². The molecule has 1 aliphatic rings. The molecule has 2 aromatic rings. The molecule has 0 atom stereocenters. The Bertz CT molecular complexity index is 590. The van der Waals surface area contributed by atoms with Gasteiger partial charge in [-0.2, -0.15) is 0 Å². The first-order chi connectivity index (χ1) is 10.8. The Morgan fingerprint density at radius 3 is 2.82 bits per heavy atom. The maximum atomic E-state index is 12.1. The minimum atomic E-state index is 0.0205. The van der Waals surface area contributed by atoms with Gasteiger partial charge in [-0.15, -0.1) is 0 Å². The smallest absolute Gasteiger partial charge is 0.228 e. The van der Waals surface area contributed by atoms with Crippen molar-refractivity contribution in [3.63, 3.8) is 0 Å². The van der Waals surface area contributed by atoms with Crippen molar-refractivity contribution in [3.05, 3.63) is 42.5 Å². The number of aromatic nitrogens is 1. The van der Waals surface area contributed by atoms with E-state index in [9.17, 15) is 4.79 Å². The van der Waals surface area contributed by atoms with Crippen molar-refractivity contribution < 1.29 is 13.9 Å². The Kier molecular flexibility index (Phi) is 4.70. The van der Waals surface area contributed by atoms with Crippen molar-refractivity contribution in [1.29, 1.82) is 0 Å². The maximum Gasteiger partial charge on any atom is 0.228 e. The van der Waals surface area contributed by atoms with Gasteiger partial charge in [-0.1, -0.05) is 0 Å². The second kappa shape index (κ2) is 7.09. The predicted molar refractivity (Wildman–Crippen MR) is 82.4 cm³/mol. The topological polar surface area (TPSA) is 76.4 Å². The first-order valence-electron chi connectivity index (χ1n) is 7.42. The minimum absolute atomic E-state index is 0.0205. The van der Waals surface area contributed by atoms with E-state index in [-0.39, 0.29) is 11.8 Å². The summed E-state index contributed by atoms with van der Waals surface area (Å²) in [6.07, 6.45) is 4.88. The van der Waals surface area contributed by atoms with Gasteiger partial charge in [0.05, 0.1) is 24.7 Å². The molecule has 0 aromatic carbocycles. The van der Waals surface area contributed by atoms with Crippen LogP contribution in [0.25, 0.3) is 0 Å². The highest BCUT2D eigenvalue weighted by atomic mass is 16.5. The number of furan rings is 1. The lowest BCUT2D eigenvalue weighted by molar-refractivity contribution is -0.122. The lowest BCUT2D eigenvalue weighted by Crippen LogP contribution is -2.28. The molecule has 1 amide bonds. The molecule has 2 N–H and O–H groups in total. The van der Waals surface area contributed by atoms with Crippen molar-refractivity contribution >= 4 is 17.4 Å². The zero-order chi connectivity index (χ0) is 15.2. The van der Waals surface area contributed by atoms with Gasteiger partial charge in [0.25, 0.3) is 0 Å². The van der Waals surface area contributed by atoms with Gasteiger partial charge < -0.3 is 19.8 Å². The van der Waals surface area contributed by atoms with Crippen molar-refractivity contribution in [2.24, 2.45) is 5.92 Å². The fourth-order valence-electron chi connectivity index (χ4n) is 2.36. The fourth-order valence-corrected chi connectivity index (χ4v) is 2.36. The molecule has 0 saturated carbocycles. The lowest BCUT2D eigenvalue weighted by atomic mass is 9.99. The van der Waals surface area contributed by atoms with E-state index in [1.807, 2.05) is 18.2 Å². The molecule has 0 spiro atoms. The van der Waals surface area contributed by atoms with Crippen LogP contribution in [0.4, 0.5) is 11.5 Å². The molecule has 0 aliphatic carbocycles. The summed E-state index contributed by atoms with van der Waals surface area (Å²) in [7, 11) is 0. The number of nitrogens with zero attached hydrogens (tertiary/aromatic N) is 1. The van der Waals surface area contributed by atoms with Crippen molar-refractivity contribution in [2.75, 3.05) is 23.8 Å². The van der Waals surface area contributed by atoms with E-state index in [4.69, 9.17) is 9.15 Å². The molecule has 0 radical (unpaired) electrons. The normalized spacial score (nSPS) is 15.5. The zero-order valence-corrected chi connectivity index (χ0v) is 12.2. The third-order valence-electron chi connectivity index (χ3n) is 3.65. The average molecular weight is 301 g/mol. The van der Waals surface area contributed by atoms with Gasteiger partial charge in [-0.3, -0.25) is 4.79 Å². The quantitative estimate of drug-likeness (QED) is 0.888. The summed E-state index contributed by atoms with van der Waals surface area (Å²) < 4.78 is 10.5. The van der Waals surface area contributed by atoms with E-state index in [0.29, 0.717) is 25.6 Å². The van der Waals surface area contributed by atoms with Crippen LogP contribution in [0.2, 0.25) is 0 Å². The van der Waals surface area contributed by atoms with Crippen LogP contribution in [-0.2, 0) is 16.1 Å². The molecule has 0 bridgehead atoms. The summed E-state index contributed by atoms with van der Waals surface area (Å²) in [4.78, 5) is 16.4. The molecule has 1 saturated heterocycles. The van der Waals surface area contributed by atoms with E-state index in [1.54, 1.807) is 18.5 Å². The molecule has 2 aromatic heterocycles. The Balaban J connectivity index is 1.51. The van der Waals surface area contributed by atoms with Crippen LogP contribution >= 0.6 is 0 Å². The van der Waals surface area contributed by atoms with Gasteiger partial charge >= 0.3 is 0 Å². The number of carbonyl (C=O) groups is 1. The number of ether oxygens (including phenoxy) is 1. The van der Waals surface area contributed by atoms with Crippen LogP contribution in [0, 0.1) is 5.92 Å². The SMILES string of the molecule is O=C(Nc1ccc(NCc2ccco2)cn1)C1CCOCC1. The maximum absolute atomic E-state index is 12.1. The van der Waals surface area contributed by atoms with Gasteiger partial charge in [0.1, 0.15) is 11.6 Å². The minimum Gasteiger partial charge on any atom is -0.467 e. The summed E-state index contributed by atoms with van der Waals surface area (Å²) in [5.74, 6) is 1.47. The molecule has 1 aliphatic heterocycles. The summed E-state index contributed by atoms with van der Waals surface area (Å²) in [6, 6.07) is 7.43. The number of hydrogen-bond donors (Lipinski definition) is 2. The summed E-state index contributed by atoms with van der Waals surface area (Å²) in [5.41, 5.74) is 0.875. The number of rotatable bonds is 5. The highest BCUT2D eigenvalue weighted by Crippen LogP contribution is 2.17. The molecule has 3 rings (SSSR count). The molecular formula is C16H19N3O3. The molecule has 6 nitrogen and oxygen atoms in total. The summed E-state index contributed by atoms with van der Waals surface area (Å²) >= 11 is 0. The van der Waals surface area contributed by atoms with Crippen LogP contribution in [0.1, 0.15) is 18.6 Å². The molecule has 1 fully saturated rings. The predicted octanol–water partition coefficient (Wildman–Crippen LogP) is 2.65. The second-order valence-electron chi connectivity index (χ2n) is 5.24. The van der Waals surface area contributed by atoms with Gasteiger partial charge in [0, 0.05) is 19.1 Å². The van der Waals surface area contributed by atoms with Crippen molar-refractivity contribution in [3.8, 4) is 0 Å². The van der Waals surface area contributed by atoms with Gasteiger partial charge in [0.2, 0.25) is 5.91 Å². The molecular weight excluding hydrogens is 282 g/mol. The molecule has 0 unspecified atom stereocenters. The summed E-state index contributed by atoms with van der Waals surface area (Å²) in [6.45, 7) is 1.91. The van der Waals surface area contributed by atoms with Crippen LogP contribution in [0.15, 0.2) is 41.1 Å². The lowest BCUT2D eigenvalue weighted by Gasteiger charge is -2.20. The third-order valence-corrected chi connectivity index (χ3v) is 3.65. The highest BCUT2D eigenvalue weighted by Gasteiger charge is 2.21.